The minimum Gasteiger partial charge on any atom is -0.307 e. The second-order valence-corrected chi connectivity index (χ2v) is 7.71. The Labute approximate surface area is 119 Å². The largest absolute Gasteiger partial charge is 0.307 e. The van der Waals surface area contributed by atoms with Gasteiger partial charge in [-0.05, 0) is 22.4 Å². The van der Waals surface area contributed by atoms with E-state index < -0.39 is 9.84 Å². The molecule has 8 heteroatoms. The van der Waals surface area contributed by atoms with E-state index in [2.05, 4.69) is 31.2 Å². The molecular weight excluding hydrogens is 332 g/mol. The molecule has 1 aliphatic rings. The van der Waals surface area contributed by atoms with Crippen LogP contribution < -0.4 is 5.32 Å². The maximum absolute atomic E-state index is 11.4. The van der Waals surface area contributed by atoms with Crippen molar-refractivity contribution < 1.29 is 8.42 Å². The number of sulfone groups is 1. The van der Waals surface area contributed by atoms with Crippen molar-refractivity contribution in [1.29, 1.82) is 0 Å². The number of nitrogens with one attached hydrogen (secondary N) is 1. The summed E-state index contributed by atoms with van der Waals surface area (Å²) in [5, 5.41) is 3.28. The van der Waals surface area contributed by atoms with Crippen LogP contribution in [0, 0.1) is 0 Å². The molecule has 1 unspecified atom stereocenters. The Kier molecular flexibility index (Phi) is 3.32. The van der Waals surface area contributed by atoms with Gasteiger partial charge in [0.1, 0.15) is 4.60 Å². The minimum absolute atomic E-state index is 0.0424. The maximum Gasteiger partial charge on any atom is 0.155 e. The quantitative estimate of drug-likeness (QED) is 0.889. The van der Waals surface area contributed by atoms with Crippen LogP contribution in [0.3, 0.4) is 0 Å². The van der Waals surface area contributed by atoms with Crippen LogP contribution >= 0.6 is 15.9 Å². The lowest BCUT2D eigenvalue weighted by Gasteiger charge is -2.10. The van der Waals surface area contributed by atoms with E-state index in [-0.39, 0.29) is 17.5 Å². The van der Waals surface area contributed by atoms with E-state index in [1.54, 1.807) is 12.4 Å². The number of rotatable bonds is 3. The summed E-state index contributed by atoms with van der Waals surface area (Å²) < 4.78 is 25.5. The molecule has 0 aromatic carbocycles. The molecule has 1 saturated heterocycles. The van der Waals surface area contributed by atoms with Crippen LogP contribution in [0.5, 0.6) is 0 Å². The molecule has 1 fully saturated rings. The van der Waals surface area contributed by atoms with Crippen molar-refractivity contribution in [3.05, 3.63) is 28.9 Å². The van der Waals surface area contributed by atoms with E-state index in [0.29, 0.717) is 13.0 Å². The molecular formula is C11H13BrN4O2S. The zero-order valence-electron chi connectivity index (χ0n) is 10.1. The highest BCUT2D eigenvalue weighted by molar-refractivity contribution is 9.10. The SMILES string of the molecule is O=S1(=O)CCC(NCc2cnc3cnc(Br)cn23)C1. The topological polar surface area (TPSA) is 76.4 Å². The summed E-state index contributed by atoms with van der Waals surface area (Å²) in [7, 11) is -2.84. The first-order chi connectivity index (χ1) is 9.03. The smallest absolute Gasteiger partial charge is 0.155 e. The lowest BCUT2D eigenvalue weighted by molar-refractivity contribution is 0.547. The Morgan fingerprint density at radius 2 is 2.26 bits per heavy atom. The van der Waals surface area contributed by atoms with Gasteiger partial charge in [-0.15, -0.1) is 0 Å². The summed E-state index contributed by atoms with van der Waals surface area (Å²) in [6.07, 6.45) is 6.00. The lowest BCUT2D eigenvalue weighted by Crippen LogP contribution is -2.29. The molecule has 0 saturated carbocycles. The molecule has 0 radical (unpaired) electrons. The standard InChI is InChI=1S/C11H13BrN4O2S/c12-10-6-16-9(4-15-11(16)5-14-10)3-13-8-1-2-19(17,18)7-8/h4-6,8,13H,1-3,7H2. The van der Waals surface area contributed by atoms with Gasteiger partial charge < -0.3 is 5.32 Å². The molecule has 6 nitrogen and oxygen atoms in total. The van der Waals surface area contributed by atoms with Gasteiger partial charge >= 0.3 is 0 Å². The second kappa shape index (κ2) is 4.84. The third-order valence-corrected chi connectivity index (χ3v) is 5.42. The highest BCUT2D eigenvalue weighted by Crippen LogP contribution is 2.14. The Morgan fingerprint density at radius 3 is 3.00 bits per heavy atom. The number of fused-ring (bicyclic) bond motifs is 1. The van der Waals surface area contributed by atoms with Crippen molar-refractivity contribution in [2.45, 2.75) is 19.0 Å². The van der Waals surface area contributed by atoms with Gasteiger partial charge in [0.15, 0.2) is 15.5 Å². The predicted octanol–water partition coefficient (Wildman–Crippen LogP) is 0.768. The third-order valence-electron chi connectivity index (χ3n) is 3.25. The van der Waals surface area contributed by atoms with Crippen molar-refractivity contribution in [2.24, 2.45) is 0 Å². The first kappa shape index (κ1) is 13.0. The summed E-state index contributed by atoms with van der Waals surface area (Å²) in [6, 6.07) is 0.0424. The molecule has 1 aliphatic heterocycles. The molecule has 0 amide bonds. The summed E-state index contributed by atoms with van der Waals surface area (Å²) in [5.74, 6) is 0.516. The molecule has 3 rings (SSSR count). The molecule has 2 aromatic rings. The van der Waals surface area contributed by atoms with E-state index in [9.17, 15) is 8.42 Å². The van der Waals surface area contributed by atoms with Crippen molar-refractivity contribution in [2.75, 3.05) is 11.5 Å². The van der Waals surface area contributed by atoms with Crippen LogP contribution in [-0.4, -0.2) is 40.3 Å². The van der Waals surface area contributed by atoms with Crippen LogP contribution in [0.2, 0.25) is 0 Å². The van der Waals surface area contributed by atoms with Gasteiger partial charge in [-0.1, -0.05) is 0 Å². The molecule has 1 atom stereocenters. The van der Waals surface area contributed by atoms with Crippen LogP contribution in [0.25, 0.3) is 5.65 Å². The fourth-order valence-corrected chi connectivity index (χ4v) is 4.27. The Hall–Kier alpha value is -0.990. The second-order valence-electron chi connectivity index (χ2n) is 4.67. The fraction of sp³-hybridized carbons (Fsp3) is 0.455. The number of hydrogen-bond acceptors (Lipinski definition) is 5. The van der Waals surface area contributed by atoms with Gasteiger partial charge in [-0.3, -0.25) is 4.40 Å². The van der Waals surface area contributed by atoms with Gasteiger partial charge in [-0.25, -0.2) is 18.4 Å². The first-order valence-electron chi connectivity index (χ1n) is 5.95. The zero-order chi connectivity index (χ0) is 13.5. The summed E-state index contributed by atoms with van der Waals surface area (Å²) in [5.41, 5.74) is 1.77. The molecule has 0 spiro atoms. The van der Waals surface area contributed by atoms with Crippen molar-refractivity contribution in [3.63, 3.8) is 0 Å². The predicted molar refractivity (Wildman–Crippen MR) is 74.6 cm³/mol. The molecule has 0 aliphatic carbocycles. The first-order valence-corrected chi connectivity index (χ1v) is 8.56. The maximum atomic E-state index is 11.4. The van der Waals surface area contributed by atoms with E-state index in [0.717, 1.165) is 15.9 Å². The average molecular weight is 345 g/mol. The van der Waals surface area contributed by atoms with Gasteiger partial charge in [0.25, 0.3) is 0 Å². The Morgan fingerprint density at radius 1 is 1.42 bits per heavy atom. The van der Waals surface area contributed by atoms with Gasteiger partial charge in [0, 0.05) is 18.8 Å². The fourth-order valence-electron chi connectivity index (χ4n) is 2.25. The highest BCUT2D eigenvalue weighted by atomic mass is 79.9. The zero-order valence-corrected chi connectivity index (χ0v) is 12.5. The average Bonchev–Trinajstić information content (AvgIpc) is 2.90. The van der Waals surface area contributed by atoms with Crippen LogP contribution in [0.15, 0.2) is 23.2 Å². The van der Waals surface area contributed by atoms with Crippen molar-refractivity contribution in [3.8, 4) is 0 Å². The highest BCUT2D eigenvalue weighted by Gasteiger charge is 2.27. The molecule has 0 bridgehead atoms. The molecule has 1 N–H and O–H groups in total. The normalized spacial score (nSPS) is 22.1. The van der Waals surface area contributed by atoms with Crippen LogP contribution in [-0.2, 0) is 16.4 Å². The molecule has 102 valence electrons. The third kappa shape index (κ3) is 2.80. The summed E-state index contributed by atoms with van der Waals surface area (Å²) in [4.78, 5) is 8.37. The Bertz CT molecular complexity index is 713. The van der Waals surface area contributed by atoms with E-state index in [1.165, 1.54) is 0 Å². The monoisotopic (exact) mass is 344 g/mol. The van der Waals surface area contributed by atoms with Gasteiger partial charge in [-0.2, -0.15) is 0 Å². The number of aromatic nitrogens is 3. The van der Waals surface area contributed by atoms with Gasteiger partial charge in [0.05, 0.1) is 29.6 Å². The minimum atomic E-state index is -2.84. The van der Waals surface area contributed by atoms with Gasteiger partial charge in [0.2, 0.25) is 0 Å². The van der Waals surface area contributed by atoms with Crippen molar-refractivity contribution >= 4 is 31.4 Å². The molecule has 19 heavy (non-hydrogen) atoms. The van der Waals surface area contributed by atoms with Crippen LogP contribution in [0.1, 0.15) is 12.1 Å². The van der Waals surface area contributed by atoms with E-state index in [4.69, 9.17) is 0 Å². The number of hydrogen-bond donors (Lipinski definition) is 1. The molecule has 3 heterocycles. The van der Waals surface area contributed by atoms with E-state index >= 15 is 0 Å². The number of imidazole rings is 1. The number of nitrogens with zero attached hydrogens (tertiary/aromatic N) is 3. The van der Waals surface area contributed by atoms with E-state index in [1.807, 2.05) is 10.6 Å². The Balaban J connectivity index is 1.74. The van der Waals surface area contributed by atoms with Crippen molar-refractivity contribution in [1.82, 2.24) is 19.7 Å². The van der Waals surface area contributed by atoms with Crippen LogP contribution in [0.4, 0.5) is 0 Å². The molecule has 2 aromatic heterocycles. The summed E-state index contributed by atoms with van der Waals surface area (Å²) >= 11 is 3.32. The lowest BCUT2D eigenvalue weighted by atomic mass is 10.2. The summed E-state index contributed by atoms with van der Waals surface area (Å²) in [6.45, 7) is 0.595. The number of halogens is 1.